The predicted octanol–water partition coefficient (Wildman–Crippen LogP) is 2.80. The van der Waals surface area contributed by atoms with Crippen molar-refractivity contribution in [1.82, 2.24) is 10.2 Å². The smallest absolute Gasteiger partial charge is 0.188 e. The van der Waals surface area contributed by atoms with Crippen molar-refractivity contribution in [2.75, 3.05) is 44.2 Å². The minimum Gasteiger partial charge on any atom is -0.371 e. The van der Waals surface area contributed by atoms with Crippen molar-refractivity contribution in [2.45, 2.75) is 32.2 Å². The lowest BCUT2D eigenvalue weighted by atomic mass is 10.1. The Balaban J connectivity index is 0.00000261. The normalized spacial score (nSPS) is 23.5. The van der Waals surface area contributed by atoms with E-state index in [4.69, 9.17) is 5.73 Å². The number of guanidine groups is 1. The van der Waals surface area contributed by atoms with Crippen LogP contribution >= 0.6 is 24.0 Å². The number of halogens is 3. The lowest BCUT2D eigenvalue weighted by Crippen LogP contribution is -2.42. The van der Waals surface area contributed by atoms with Gasteiger partial charge in [-0.15, -0.1) is 24.0 Å². The number of nitrogens with two attached hydrogens (primary N) is 1. The number of likely N-dealkylation sites (N-methyl/N-ethyl adjacent to an activating group) is 1. The van der Waals surface area contributed by atoms with E-state index in [-0.39, 0.29) is 24.0 Å². The van der Waals surface area contributed by atoms with Gasteiger partial charge in [0, 0.05) is 44.0 Å². The van der Waals surface area contributed by atoms with E-state index in [0.29, 0.717) is 24.5 Å². The lowest BCUT2D eigenvalue weighted by molar-refractivity contribution is 0.267. The van der Waals surface area contributed by atoms with Crippen molar-refractivity contribution in [1.29, 1.82) is 0 Å². The van der Waals surface area contributed by atoms with E-state index in [2.05, 4.69) is 27.0 Å². The molecule has 0 aromatic heterocycles. The van der Waals surface area contributed by atoms with Gasteiger partial charge in [-0.1, -0.05) is 6.92 Å². The molecule has 2 unspecified atom stereocenters. The Morgan fingerprint density at radius 3 is 2.81 bits per heavy atom. The summed E-state index contributed by atoms with van der Waals surface area (Å²) in [4.78, 5) is 9.02. The van der Waals surface area contributed by atoms with Crippen LogP contribution in [-0.2, 0) is 0 Å². The molecule has 3 rings (SSSR count). The van der Waals surface area contributed by atoms with Crippen molar-refractivity contribution in [3.8, 4) is 0 Å². The van der Waals surface area contributed by atoms with E-state index in [1.54, 1.807) is 6.07 Å². The molecule has 0 radical (unpaired) electrons. The summed E-state index contributed by atoms with van der Waals surface area (Å²) in [5.41, 5.74) is 6.74. The molecule has 2 heterocycles. The van der Waals surface area contributed by atoms with Crippen LogP contribution < -0.4 is 16.0 Å². The first-order chi connectivity index (χ1) is 12.6. The second-order valence-electron chi connectivity index (χ2n) is 7.23. The molecule has 8 heteroatoms. The summed E-state index contributed by atoms with van der Waals surface area (Å²) >= 11 is 0. The second-order valence-corrected chi connectivity index (χ2v) is 7.23. The van der Waals surface area contributed by atoms with E-state index >= 15 is 0 Å². The standard InChI is InChI=1S/C19H29F2N5.HI/c1-2-25-8-3-4-16(25)12-24-19(22)23-11-14-7-9-26(13-14)15-5-6-17(20)18(21)10-15;/h5-6,10,14,16H,2-4,7-9,11-13H2,1H3,(H3,22,23,24);1H. The molecule has 0 amide bonds. The third-order valence-corrected chi connectivity index (χ3v) is 5.50. The quantitative estimate of drug-likeness (QED) is 0.364. The molecule has 1 aromatic rings. The Bertz CT molecular complexity index is 643. The Kier molecular flexibility index (Phi) is 8.53. The summed E-state index contributed by atoms with van der Waals surface area (Å²) in [6, 6.07) is 4.61. The molecule has 3 N–H and O–H groups in total. The average molecular weight is 493 g/mol. The highest BCUT2D eigenvalue weighted by Crippen LogP contribution is 2.25. The third-order valence-electron chi connectivity index (χ3n) is 5.50. The van der Waals surface area contributed by atoms with Gasteiger partial charge in [-0.3, -0.25) is 9.89 Å². The zero-order valence-corrected chi connectivity index (χ0v) is 18.2. The van der Waals surface area contributed by atoms with Gasteiger partial charge in [0.25, 0.3) is 0 Å². The molecule has 0 saturated carbocycles. The molecule has 1 aromatic carbocycles. The average Bonchev–Trinajstić information content (AvgIpc) is 3.29. The van der Waals surface area contributed by atoms with Crippen LogP contribution in [0.5, 0.6) is 0 Å². The zero-order chi connectivity index (χ0) is 18.5. The topological polar surface area (TPSA) is 56.9 Å². The first-order valence-electron chi connectivity index (χ1n) is 9.54. The first-order valence-corrected chi connectivity index (χ1v) is 9.54. The molecule has 5 nitrogen and oxygen atoms in total. The van der Waals surface area contributed by atoms with Crippen LogP contribution in [0.15, 0.2) is 23.2 Å². The molecule has 0 aliphatic carbocycles. The Labute approximate surface area is 177 Å². The van der Waals surface area contributed by atoms with E-state index in [9.17, 15) is 8.78 Å². The molecule has 2 atom stereocenters. The predicted molar refractivity (Wildman–Crippen MR) is 117 cm³/mol. The van der Waals surface area contributed by atoms with Crippen LogP contribution in [-0.4, -0.2) is 56.2 Å². The molecule has 0 spiro atoms. The highest BCUT2D eigenvalue weighted by atomic mass is 127. The van der Waals surface area contributed by atoms with E-state index in [1.165, 1.54) is 31.5 Å². The minimum atomic E-state index is -0.808. The maximum Gasteiger partial charge on any atom is 0.188 e. The number of hydrogen-bond acceptors (Lipinski definition) is 3. The van der Waals surface area contributed by atoms with Crippen molar-refractivity contribution >= 4 is 35.6 Å². The minimum absolute atomic E-state index is 0. The number of hydrogen-bond donors (Lipinski definition) is 2. The lowest BCUT2D eigenvalue weighted by Gasteiger charge is -2.23. The largest absolute Gasteiger partial charge is 0.371 e. The highest BCUT2D eigenvalue weighted by molar-refractivity contribution is 14.0. The number of likely N-dealkylation sites (tertiary alicyclic amines) is 1. The summed E-state index contributed by atoms with van der Waals surface area (Å²) in [5.74, 6) is -0.733. The number of rotatable bonds is 6. The van der Waals surface area contributed by atoms with Gasteiger partial charge in [-0.2, -0.15) is 0 Å². The highest BCUT2D eigenvalue weighted by Gasteiger charge is 2.24. The first kappa shape index (κ1) is 22.1. The maximum atomic E-state index is 13.4. The molecule has 152 valence electrons. The summed E-state index contributed by atoms with van der Waals surface area (Å²) in [6.45, 7) is 7.54. The van der Waals surface area contributed by atoms with Crippen molar-refractivity contribution < 1.29 is 8.78 Å². The molecule has 2 aliphatic rings. The number of aliphatic imine (C=N–C) groups is 1. The van der Waals surface area contributed by atoms with Gasteiger partial charge in [-0.25, -0.2) is 8.78 Å². The van der Waals surface area contributed by atoms with Gasteiger partial charge < -0.3 is 16.0 Å². The van der Waals surface area contributed by atoms with Gasteiger partial charge in [0.15, 0.2) is 17.6 Å². The van der Waals surface area contributed by atoms with Crippen molar-refractivity contribution in [3.63, 3.8) is 0 Å². The SMILES string of the molecule is CCN1CCCC1CNC(N)=NCC1CCN(c2ccc(F)c(F)c2)C1.I. The second kappa shape index (κ2) is 10.4. The number of nitrogens with zero attached hydrogens (tertiary/aromatic N) is 3. The molecule has 0 bridgehead atoms. The van der Waals surface area contributed by atoms with Crippen LogP contribution in [0.25, 0.3) is 0 Å². The van der Waals surface area contributed by atoms with Crippen molar-refractivity contribution in [2.24, 2.45) is 16.6 Å². The third kappa shape index (κ3) is 5.91. The van der Waals surface area contributed by atoms with Gasteiger partial charge in [-0.05, 0) is 50.4 Å². The molecule has 2 saturated heterocycles. The van der Waals surface area contributed by atoms with Crippen LogP contribution in [0.1, 0.15) is 26.2 Å². The molecule has 2 fully saturated rings. The summed E-state index contributed by atoms with van der Waals surface area (Å²) in [7, 11) is 0. The van der Waals surface area contributed by atoms with E-state index in [1.807, 2.05) is 0 Å². The number of benzene rings is 1. The van der Waals surface area contributed by atoms with Crippen LogP contribution in [0.3, 0.4) is 0 Å². The van der Waals surface area contributed by atoms with Crippen LogP contribution in [0.2, 0.25) is 0 Å². The maximum absolute atomic E-state index is 13.4. The van der Waals surface area contributed by atoms with Gasteiger partial charge in [0.05, 0.1) is 0 Å². The number of nitrogens with one attached hydrogen (secondary N) is 1. The summed E-state index contributed by atoms with van der Waals surface area (Å²) in [5, 5.41) is 3.25. The van der Waals surface area contributed by atoms with Crippen molar-refractivity contribution in [3.05, 3.63) is 29.8 Å². The fourth-order valence-electron chi connectivity index (χ4n) is 3.95. The van der Waals surface area contributed by atoms with Crippen LogP contribution in [0.4, 0.5) is 14.5 Å². The molecule has 2 aliphatic heterocycles. The Morgan fingerprint density at radius 1 is 1.26 bits per heavy atom. The number of anilines is 1. The van der Waals surface area contributed by atoms with Crippen LogP contribution in [0, 0.1) is 17.6 Å². The van der Waals surface area contributed by atoms with E-state index in [0.717, 1.165) is 38.3 Å². The van der Waals surface area contributed by atoms with E-state index < -0.39 is 11.6 Å². The van der Waals surface area contributed by atoms with Gasteiger partial charge in [0.2, 0.25) is 0 Å². The monoisotopic (exact) mass is 493 g/mol. The Hall–Kier alpha value is -1.16. The summed E-state index contributed by atoms with van der Waals surface area (Å²) in [6.07, 6.45) is 3.43. The zero-order valence-electron chi connectivity index (χ0n) is 15.8. The molecular formula is C19H30F2IN5. The van der Waals surface area contributed by atoms with Gasteiger partial charge in [0.1, 0.15) is 0 Å². The van der Waals surface area contributed by atoms with Gasteiger partial charge >= 0.3 is 0 Å². The Morgan fingerprint density at radius 2 is 2.07 bits per heavy atom. The molecular weight excluding hydrogens is 463 g/mol. The fraction of sp³-hybridized carbons (Fsp3) is 0.632. The summed E-state index contributed by atoms with van der Waals surface area (Å²) < 4.78 is 26.5. The molecule has 27 heavy (non-hydrogen) atoms. The fourth-order valence-corrected chi connectivity index (χ4v) is 3.95.